The summed E-state index contributed by atoms with van der Waals surface area (Å²) in [7, 11) is 0. The Morgan fingerprint density at radius 1 is 1.07 bits per heavy atom. The Morgan fingerprint density at radius 3 is 2.63 bits per heavy atom. The first-order valence-corrected chi connectivity index (χ1v) is 10.0. The van der Waals surface area contributed by atoms with Gasteiger partial charge in [-0.15, -0.1) is 6.42 Å². The van der Waals surface area contributed by atoms with Crippen LogP contribution in [0.25, 0.3) is 0 Å². The molecule has 0 aliphatic carbocycles. The van der Waals surface area contributed by atoms with Gasteiger partial charge in [0.25, 0.3) is 0 Å². The van der Waals surface area contributed by atoms with Crippen LogP contribution in [0.1, 0.15) is 27.8 Å². The maximum atomic E-state index is 13.8. The lowest BCUT2D eigenvalue weighted by atomic mass is 9.98. The minimum atomic E-state index is -0.357. The molecule has 0 spiro atoms. The molecule has 30 heavy (non-hydrogen) atoms. The van der Waals surface area contributed by atoms with Gasteiger partial charge in [0.15, 0.2) is 0 Å². The van der Waals surface area contributed by atoms with Gasteiger partial charge in [-0.05, 0) is 59.0 Å². The van der Waals surface area contributed by atoms with Gasteiger partial charge in [-0.2, -0.15) is 0 Å². The Bertz CT molecular complexity index is 1100. The molecule has 3 nitrogen and oxygen atoms in total. The summed E-state index contributed by atoms with van der Waals surface area (Å²) in [5.74, 6) is 2.06. The third kappa shape index (κ3) is 4.76. The van der Waals surface area contributed by atoms with E-state index in [1.807, 2.05) is 24.3 Å². The highest BCUT2D eigenvalue weighted by atomic mass is 19.1. The molecule has 0 fully saturated rings. The lowest BCUT2D eigenvalue weighted by Gasteiger charge is -2.29. The van der Waals surface area contributed by atoms with Gasteiger partial charge in [0.2, 0.25) is 5.91 Å². The van der Waals surface area contributed by atoms with Crippen molar-refractivity contribution in [2.75, 3.05) is 11.9 Å². The largest absolute Gasteiger partial charge is 0.326 e. The Morgan fingerprint density at radius 2 is 1.87 bits per heavy atom. The maximum Gasteiger partial charge on any atom is 0.228 e. The lowest BCUT2D eigenvalue weighted by Crippen LogP contribution is -2.30. The molecule has 0 bridgehead atoms. The van der Waals surface area contributed by atoms with E-state index in [9.17, 15) is 9.18 Å². The van der Waals surface area contributed by atoms with Crippen molar-refractivity contribution in [3.8, 4) is 12.3 Å². The van der Waals surface area contributed by atoms with Crippen molar-refractivity contribution >= 4 is 11.6 Å². The molecule has 0 atom stereocenters. The number of terminal acetylenes is 1. The number of fused-ring (bicyclic) bond motifs is 1. The van der Waals surface area contributed by atoms with Gasteiger partial charge in [0.05, 0.1) is 6.42 Å². The van der Waals surface area contributed by atoms with Crippen LogP contribution in [0.5, 0.6) is 0 Å². The van der Waals surface area contributed by atoms with Crippen LogP contribution in [0.3, 0.4) is 0 Å². The van der Waals surface area contributed by atoms with Crippen LogP contribution in [0.4, 0.5) is 10.1 Å². The molecule has 1 heterocycles. The summed E-state index contributed by atoms with van der Waals surface area (Å²) >= 11 is 0. The van der Waals surface area contributed by atoms with Crippen LogP contribution in [-0.2, 0) is 30.7 Å². The van der Waals surface area contributed by atoms with Crippen LogP contribution in [0.2, 0.25) is 0 Å². The molecule has 1 aliphatic rings. The second kappa shape index (κ2) is 8.94. The molecule has 3 aromatic rings. The highest BCUT2D eigenvalue weighted by Crippen LogP contribution is 2.24. The minimum Gasteiger partial charge on any atom is -0.326 e. The fourth-order valence-electron chi connectivity index (χ4n) is 3.81. The molecule has 0 aromatic heterocycles. The summed E-state index contributed by atoms with van der Waals surface area (Å²) in [5.41, 5.74) is 5.78. The Balaban J connectivity index is 1.40. The predicted molar refractivity (Wildman–Crippen MR) is 117 cm³/mol. The van der Waals surface area contributed by atoms with Crippen molar-refractivity contribution in [2.45, 2.75) is 25.9 Å². The number of anilines is 1. The van der Waals surface area contributed by atoms with Crippen molar-refractivity contribution in [1.29, 1.82) is 0 Å². The van der Waals surface area contributed by atoms with E-state index in [1.165, 1.54) is 22.8 Å². The number of rotatable bonds is 5. The van der Waals surface area contributed by atoms with E-state index in [4.69, 9.17) is 6.42 Å². The normalized spacial score (nSPS) is 13.3. The molecule has 4 rings (SSSR count). The summed E-state index contributed by atoms with van der Waals surface area (Å²) in [6.07, 6.45) is 6.42. The second-order valence-corrected chi connectivity index (χ2v) is 7.60. The number of carbonyl (C=O) groups is 1. The number of nitrogens with zero attached hydrogens (tertiary/aromatic N) is 1. The molecule has 0 unspecified atom stereocenters. The van der Waals surface area contributed by atoms with E-state index >= 15 is 0 Å². The zero-order valence-corrected chi connectivity index (χ0v) is 16.7. The molecule has 0 saturated carbocycles. The van der Waals surface area contributed by atoms with Crippen molar-refractivity contribution in [3.05, 3.63) is 100 Å². The van der Waals surface area contributed by atoms with Gasteiger partial charge in [-0.3, -0.25) is 9.69 Å². The molecule has 150 valence electrons. The number of benzene rings is 3. The van der Waals surface area contributed by atoms with Gasteiger partial charge >= 0.3 is 0 Å². The standard InChI is InChI=1S/C26H23FN2O/c1-2-19-7-9-20(10-8-19)17-29-14-13-21-11-12-24(15-23(21)18-29)28-26(30)16-22-5-3-4-6-25(22)27/h1,3-12,15H,13-14,16-18H2,(H,28,30). The van der Waals surface area contributed by atoms with E-state index in [1.54, 1.807) is 18.2 Å². The zero-order valence-electron chi connectivity index (χ0n) is 16.7. The first-order chi connectivity index (χ1) is 14.6. The van der Waals surface area contributed by atoms with E-state index in [0.717, 1.165) is 37.3 Å². The molecule has 4 heteroatoms. The van der Waals surface area contributed by atoms with E-state index in [0.29, 0.717) is 5.56 Å². The monoisotopic (exact) mass is 398 g/mol. The van der Waals surface area contributed by atoms with Gasteiger partial charge < -0.3 is 5.32 Å². The van der Waals surface area contributed by atoms with Crippen molar-refractivity contribution in [3.63, 3.8) is 0 Å². The van der Waals surface area contributed by atoms with Crippen molar-refractivity contribution < 1.29 is 9.18 Å². The third-order valence-corrected chi connectivity index (χ3v) is 5.42. The summed E-state index contributed by atoms with van der Waals surface area (Å²) < 4.78 is 13.8. The van der Waals surface area contributed by atoms with Crippen molar-refractivity contribution in [2.24, 2.45) is 0 Å². The molecule has 1 amide bonds. The average molecular weight is 398 g/mol. The number of carbonyl (C=O) groups excluding carboxylic acids is 1. The van der Waals surface area contributed by atoms with Crippen LogP contribution >= 0.6 is 0 Å². The molecule has 3 aromatic carbocycles. The maximum absolute atomic E-state index is 13.8. The van der Waals surface area contributed by atoms with Crippen LogP contribution in [-0.4, -0.2) is 17.4 Å². The summed E-state index contributed by atoms with van der Waals surface area (Å²) in [4.78, 5) is 14.7. The topological polar surface area (TPSA) is 32.3 Å². The summed E-state index contributed by atoms with van der Waals surface area (Å²) in [6, 6.07) is 20.5. The third-order valence-electron chi connectivity index (χ3n) is 5.42. The fourth-order valence-corrected chi connectivity index (χ4v) is 3.81. The molecule has 1 N–H and O–H groups in total. The van der Waals surface area contributed by atoms with Crippen LogP contribution in [0.15, 0.2) is 66.7 Å². The molecular formula is C26H23FN2O. The summed E-state index contributed by atoms with van der Waals surface area (Å²) in [6.45, 7) is 2.67. The molecule has 0 saturated heterocycles. The number of hydrogen-bond donors (Lipinski definition) is 1. The smallest absolute Gasteiger partial charge is 0.228 e. The van der Waals surface area contributed by atoms with Crippen molar-refractivity contribution in [1.82, 2.24) is 4.90 Å². The van der Waals surface area contributed by atoms with Gasteiger partial charge in [0, 0.05) is 30.9 Å². The first kappa shape index (κ1) is 19.9. The van der Waals surface area contributed by atoms with Crippen LogP contribution in [0, 0.1) is 18.2 Å². The predicted octanol–water partition coefficient (Wildman–Crippen LogP) is 4.55. The zero-order chi connectivity index (χ0) is 20.9. The average Bonchev–Trinajstić information content (AvgIpc) is 2.76. The van der Waals surface area contributed by atoms with Gasteiger partial charge in [0.1, 0.15) is 5.82 Å². The number of hydrogen-bond acceptors (Lipinski definition) is 2. The highest BCUT2D eigenvalue weighted by Gasteiger charge is 2.17. The second-order valence-electron chi connectivity index (χ2n) is 7.60. The number of nitrogens with one attached hydrogen (secondary N) is 1. The Labute approximate surface area is 176 Å². The van der Waals surface area contributed by atoms with Gasteiger partial charge in [-0.25, -0.2) is 4.39 Å². The SMILES string of the molecule is C#Cc1ccc(CN2CCc3ccc(NC(=O)Cc4ccccc4F)cc3C2)cc1. The number of amides is 1. The highest BCUT2D eigenvalue weighted by molar-refractivity contribution is 5.92. The first-order valence-electron chi connectivity index (χ1n) is 10.0. The summed E-state index contributed by atoms with van der Waals surface area (Å²) in [5, 5.41) is 2.90. The quantitative estimate of drug-likeness (QED) is 0.640. The molecular weight excluding hydrogens is 375 g/mol. The minimum absolute atomic E-state index is 0.0174. The number of halogens is 1. The van der Waals surface area contributed by atoms with Crippen LogP contribution < -0.4 is 5.32 Å². The Kier molecular flexibility index (Phi) is 5.92. The van der Waals surface area contributed by atoms with E-state index < -0.39 is 0 Å². The fraction of sp³-hybridized carbons (Fsp3) is 0.192. The van der Waals surface area contributed by atoms with Gasteiger partial charge in [-0.1, -0.05) is 42.3 Å². The lowest BCUT2D eigenvalue weighted by molar-refractivity contribution is -0.115. The molecule has 1 aliphatic heterocycles. The van der Waals surface area contributed by atoms with E-state index in [-0.39, 0.29) is 18.1 Å². The Hall–Kier alpha value is -3.42. The van der Waals surface area contributed by atoms with E-state index in [2.05, 4.69) is 34.3 Å². The molecule has 0 radical (unpaired) electrons.